The second-order valence-corrected chi connectivity index (χ2v) is 19.5. The van der Waals surface area contributed by atoms with Crippen LogP contribution in [-0.2, 0) is 5.41 Å². The Balaban J connectivity index is 0.00000244. The van der Waals surface area contributed by atoms with Gasteiger partial charge in [-0.15, -0.1) is 0 Å². The molecule has 0 bridgehead atoms. The normalized spacial score (nSPS) is 12.8. The van der Waals surface area contributed by atoms with E-state index in [1.165, 1.54) is 76.5 Å². The van der Waals surface area contributed by atoms with Gasteiger partial charge in [-0.25, -0.2) is 15.0 Å². The first kappa shape index (κ1) is 42.7. The van der Waals surface area contributed by atoms with Crippen LogP contribution in [0.5, 0.6) is 0 Å². The van der Waals surface area contributed by atoms with Gasteiger partial charge in [-0.2, -0.15) is 0 Å². The van der Waals surface area contributed by atoms with Crippen LogP contribution in [0.4, 0.5) is 0 Å². The van der Waals surface area contributed by atoms with Gasteiger partial charge in [0.25, 0.3) is 0 Å². The van der Waals surface area contributed by atoms with Gasteiger partial charge < -0.3 is 8.98 Å². The molecule has 14 aromatic rings. The Labute approximate surface area is 422 Å². The number of para-hydroxylation sites is 2. The SMILES string of the molecule is CC.CC1(C)c2ccc(-c3cccc4c5c6ccccc6c6ccccc6c5n(-c5cccc(-c6nc(-c7ccccc7)nc(-c7ccc8c(c7)oc7ccccc78)n6)c5)c34)cc2-c2c1ccc1ccccc21. The quantitative estimate of drug-likeness (QED) is 0.161. The molecule has 11 aromatic carbocycles. The zero-order valence-electron chi connectivity index (χ0n) is 41.0. The predicted octanol–water partition coefficient (Wildman–Crippen LogP) is 18.3. The first-order valence-corrected chi connectivity index (χ1v) is 25.3. The Morgan fingerprint density at radius 2 is 0.945 bits per heavy atom. The molecule has 5 heteroatoms. The highest BCUT2D eigenvalue weighted by Crippen LogP contribution is 2.53. The molecule has 0 amide bonds. The van der Waals surface area contributed by atoms with E-state index in [1.54, 1.807) is 0 Å². The second kappa shape index (κ2) is 16.4. The average molecular weight is 937 g/mol. The number of hydrogen-bond donors (Lipinski definition) is 0. The number of aromatic nitrogens is 4. The van der Waals surface area contributed by atoms with Crippen molar-refractivity contribution in [1.29, 1.82) is 0 Å². The lowest BCUT2D eigenvalue weighted by Crippen LogP contribution is -2.14. The molecule has 0 aliphatic heterocycles. The number of nitrogens with zero attached hydrogens (tertiary/aromatic N) is 4. The van der Waals surface area contributed by atoms with Gasteiger partial charge in [0.1, 0.15) is 11.2 Å². The van der Waals surface area contributed by atoms with Gasteiger partial charge in [0.15, 0.2) is 17.5 Å². The summed E-state index contributed by atoms with van der Waals surface area (Å²) in [5, 5.41) is 12.0. The van der Waals surface area contributed by atoms with E-state index in [-0.39, 0.29) is 5.41 Å². The van der Waals surface area contributed by atoms with Crippen molar-refractivity contribution in [3.8, 4) is 62.1 Å². The van der Waals surface area contributed by atoms with Crippen molar-refractivity contribution in [3.05, 3.63) is 230 Å². The van der Waals surface area contributed by atoms with Crippen molar-refractivity contribution in [2.75, 3.05) is 0 Å². The summed E-state index contributed by atoms with van der Waals surface area (Å²) in [5.74, 6) is 1.77. The average Bonchev–Trinajstić information content (AvgIpc) is 4.09. The molecule has 0 saturated heterocycles. The van der Waals surface area contributed by atoms with E-state index in [1.807, 2.05) is 50.2 Å². The summed E-state index contributed by atoms with van der Waals surface area (Å²) in [6.07, 6.45) is 0. The molecule has 0 saturated carbocycles. The highest BCUT2D eigenvalue weighted by molar-refractivity contribution is 6.33. The van der Waals surface area contributed by atoms with Gasteiger partial charge in [0.2, 0.25) is 0 Å². The van der Waals surface area contributed by atoms with Crippen LogP contribution in [0.15, 0.2) is 223 Å². The van der Waals surface area contributed by atoms with Crippen LogP contribution in [0.2, 0.25) is 0 Å². The lowest BCUT2D eigenvalue weighted by atomic mass is 9.82. The highest BCUT2D eigenvalue weighted by Gasteiger charge is 2.37. The maximum absolute atomic E-state index is 6.36. The van der Waals surface area contributed by atoms with Crippen molar-refractivity contribution in [2.24, 2.45) is 0 Å². The molecule has 15 rings (SSSR count). The number of fused-ring (bicyclic) bond motifs is 16. The van der Waals surface area contributed by atoms with Crippen molar-refractivity contribution >= 4 is 76.1 Å². The molecule has 0 N–H and O–H groups in total. The van der Waals surface area contributed by atoms with E-state index in [0.717, 1.165) is 55.3 Å². The fraction of sp³-hybridized carbons (Fsp3) is 0.0735. The van der Waals surface area contributed by atoms with E-state index in [2.05, 4.69) is 200 Å². The molecule has 0 radical (unpaired) electrons. The fourth-order valence-electron chi connectivity index (χ4n) is 11.9. The van der Waals surface area contributed by atoms with Crippen molar-refractivity contribution < 1.29 is 4.42 Å². The zero-order chi connectivity index (χ0) is 49.0. The second-order valence-electron chi connectivity index (χ2n) is 19.5. The van der Waals surface area contributed by atoms with Crippen LogP contribution < -0.4 is 0 Å². The van der Waals surface area contributed by atoms with Crippen LogP contribution in [0, 0.1) is 0 Å². The predicted molar refractivity (Wildman–Crippen MR) is 305 cm³/mol. The monoisotopic (exact) mass is 936 g/mol. The molecule has 5 nitrogen and oxygen atoms in total. The summed E-state index contributed by atoms with van der Waals surface area (Å²) in [6.45, 7) is 8.73. The van der Waals surface area contributed by atoms with Gasteiger partial charge in [0, 0.05) is 60.3 Å². The van der Waals surface area contributed by atoms with Crippen LogP contribution in [-0.4, -0.2) is 19.5 Å². The Bertz CT molecular complexity index is 4560. The third kappa shape index (κ3) is 6.45. The summed E-state index contributed by atoms with van der Waals surface area (Å²) in [4.78, 5) is 15.6. The zero-order valence-corrected chi connectivity index (χ0v) is 41.0. The van der Waals surface area contributed by atoms with Crippen LogP contribution in [0.25, 0.3) is 138 Å². The summed E-state index contributed by atoms with van der Waals surface area (Å²) in [7, 11) is 0. The summed E-state index contributed by atoms with van der Waals surface area (Å²) in [5.41, 5.74) is 15.2. The summed E-state index contributed by atoms with van der Waals surface area (Å²) in [6, 6.07) is 78.6. The van der Waals surface area contributed by atoms with Gasteiger partial charge in [-0.05, 0) is 91.1 Å². The highest BCUT2D eigenvalue weighted by atomic mass is 16.3. The third-order valence-corrected chi connectivity index (χ3v) is 15.2. The van der Waals surface area contributed by atoms with Gasteiger partial charge in [0.05, 0.1) is 11.0 Å². The first-order chi connectivity index (χ1) is 36.0. The maximum atomic E-state index is 6.36. The molecular weight excluding hydrogens is 889 g/mol. The molecular formula is C68H48N4O. The smallest absolute Gasteiger partial charge is 0.164 e. The molecule has 0 fully saturated rings. The minimum atomic E-state index is -0.137. The van der Waals surface area contributed by atoms with Crippen molar-refractivity contribution in [3.63, 3.8) is 0 Å². The molecule has 73 heavy (non-hydrogen) atoms. The van der Waals surface area contributed by atoms with Crippen molar-refractivity contribution in [1.82, 2.24) is 19.5 Å². The number of furan rings is 1. The van der Waals surface area contributed by atoms with E-state index >= 15 is 0 Å². The minimum absolute atomic E-state index is 0.137. The van der Waals surface area contributed by atoms with Gasteiger partial charge >= 0.3 is 0 Å². The van der Waals surface area contributed by atoms with Crippen LogP contribution in [0.1, 0.15) is 38.8 Å². The molecule has 0 atom stereocenters. The Morgan fingerprint density at radius 3 is 1.74 bits per heavy atom. The fourth-order valence-corrected chi connectivity index (χ4v) is 11.9. The Kier molecular flexibility index (Phi) is 9.61. The standard InChI is InChI=1S/C66H42N4O.C2H6/c1-66(2)55-34-32-41(37-54(55)59-45-21-7-6-16-39(45)31-35-56(59)66)46-27-15-28-53-60-51-25-10-8-22-47(51)48-23-9-11-26-52(48)62(60)70(61(46)53)44-20-14-19-42(36-44)64-67-63(40-17-4-3-5-18-40)68-65(69-64)43-30-33-50-49-24-12-13-29-57(49)71-58(50)38-43;1-2/h3-38H,1-2H3;1-2H3. The summed E-state index contributed by atoms with van der Waals surface area (Å²) >= 11 is 0. The maximum Gasteiger partial charge on any atom is 0.164 e. The molecule has 346 valence electrons. The summed E-state index contributed by atoms with van der Waals surface area (Å²) < 4.78 is 8.87. The number of hydrogen-bond acceptors (Lipinski definition) is 4. The number of benzene rings is 11. The molecule has 3 heterocycles. The van der Waals surface area contributed by atoms with E-state index in [0.29, 0.717) is 17.5 Å². The van der Waals surface area contributed by atoms with Crippen molar-refractivity contribution in [2.45, 2.75) is 33.1 Å². The lowest BCUT2D eigenvalue weighted by Gasteiger charge is -2.21. The molecule has 1 aliphatic carbocycles. The molecule has 1 aliphatic rings. The van der Waals surface area contributed by atoms with E-state index in [4.69, 9.17) is 19.4 Å². The first-order valence-electron chi connectivity index (χ1n) is 25.3. The Morgan fingerprint density at radius 1 is 0.370 bits per heavy atom. The van der Waals surface area contributed by atoms with E-state index in [9.17, 15) is 0 Å². The topological polar surface area (TPSA) is 56.7 Å². The van der Waals surface area contributed by atoms with Crippen LogP contribution in [0.3, 0.4) is 0 Å². The largest absolute Gasteiger partial charge is 0.456 e. The molecule has 3 aromatic heterocycles. The minimum Gasteiger partial charge on any atom is -0.456 e. The molecule has 0 unspecified atom stereocenters. The molecule has 0 spiro atoms. The van der Waals surface area contributed by atoms with Gasteiger partial charge in [-0.3, -0.25) is 0 Å². The van der Waals surface area contributed by atoms with E-state index < -0.39 is 0 Å². The lowest BCUT2D eigenvalue weighted by molar-refractivity contribution is 0.661. The van der Waals surface area contributed by atoms with Gasteiger partial charge in [-0.1, -0.05) is 210 Å². The van der Waals surface area contributed by atoms with Crippen LogP contribution >= 0.6 is 0 Å². The third-order valence-electron chi connectivity index (χ3n) is 15.2. The number of rotatable bonds is 5. The Hall–Kier alpha value is -9.19.